The molecule has 0 saturated heterocycles. The second kappa shape index (κ2) is 27.2. The summed E-state index contributed by atoms with van der Waals surface area (Å²) in [6.45, 7) is 33.7. The summed E-state index contributed by atoms with van der Waals surface area (Å²) in [6.07, 6.45) is 6.30. The van der Waals surface area contributed by atoms with Gasteiger partial charge in [0.25, 0.3) is 17.0 Å². The summed E-state index contributed by atoms with van der Waals surface area (Å²) < 4.78 is 3.53. The average Bonchev–Trinajstić information content (AvgIpc) is 3.43. The zero-order chi connectivity index (χ0) is 54.6. The van der Waals surface area contributed by atoms with Crippen LogP contribution < -0.4 is 16.0 Å². The lowest BCUT2D eigenvalue weighted by Gasteiger charge is -2.31. The Morgan fingerprint density at radius 3 is 1.45 bits per heavy atom. The van der Waals surface area contributed by atoms with Gasteiger partial charge in [0.15, 0.2) is 0 Å². The maximum absolute atomic E-state index is 13.2. The number of pyridine rings is 4. The smallest absolute Gasteiger partial charge is 0.255 e. The van der Waals surface area contributed by atoms with E-state index in [-0.39, 0.29) is 30.4 Å². The first-order valence-corrected chi connectivity index (χ1v) is 26.7. The molecule has 0 N–H and O–H groups in total. The van der Waals surface area contributed by atoms with Crippen LogP contribution in [0.15, 0.2) is 141 Å². The van der Waals surface area contributed by atoms with Gasteiger partial charge in [-0.1, -0.05) is 109 Å². The third-order valence-electron chi connectivity index (χ3n) is 13.3. The Morgan fingerprint density at radius 2 is 0.960 bits per heavy atom. The first-order valence-electron chi connectivity index (χ1n) is 26.7. The van der Waals surface area contributed by atoms with Crippen molar-refractivity contribution in [3.8, 4) is 11.4 Å². The molecule has 2 amide bonds. The van der Waals surface area contributed by atoms with Crippen LogP contribution in [0.5, 0.6) is 0 Å². The third-order valence-corrected chi connectivity index (χ3v) is 13.3. The summed E-state index contributed by atoms with van der Waals surface area (Å²) >= 11 is 0. The van der Waals surface area contributed by atoms with Gasteiger partial charge in [-0.15, -0.1) is 0 Å². The molecule has 10 rings (SSSR count). The van der Waals surface area contributed by atoms with E-state index in [1.54, 1.807) is 21.3 Å². The molecule has 0 unspecified atom stereocenters. The van der Waals surface area contributed by atoms with Gasteiger partial charge in [0.2, 0.25) is 5.91 Å². The van der Waals surface area contributed by atoms with Crippen molar-refractivity contribution in [3.05, 3.63) is 180 Å². The number of rotatable bonds is 4. The first kappa shape index (κ1) is 60.1. The van der Waals surface area contributed by atoms with E-state index in [4.69, 9.17) is 0 Å². The molecule has 2 aliphatic rings. The van der Waals surface area contributed by atoms with Gasteiger partial charge in [0, 0.05) is 88.2 Å². The number of hydrogen-bond acceptors (Lipinski definition) is 6. The molecule has 0 radical (unpaired) electrons. The van der Waals surface area contributed by atoms with Crippen LogP contribution >= 0.6 is 0 Å². The zero-order valence-electron chi connectivity index (χ0n) is 47.0. The molecule has 8 aromatic rings. The minimum Gasteiger partial charge on any atom is -0.334 e. The van der Waals surface area contributed by atoms with Crippen molar-refractivity contribution >= 4 is 61.1 Å². The predicted octanol–water partition coefficient (Wildman–Crippen LogP) is 15.3. The van der Waals surface area contributed by atoms with Gasteiger partial charge >= 0.3 is 0 Å². The number of aromatic nitrogens is 4. The quantitative estimate of drug-likeness (QED) is 0.128. The Labute approximate surface area is 446 Å². The van der Waals surface area contributed by atoms with E-state index >= 15 is 0 Å². The molecule has 0 spiro atoms. The van der Waals surface area contributed by atoms with E-state index < -0.39 is 0 Å². The lowest BCUT2D eigenvalue weighted by molar-refractivity contribution is -0.128. The Bertz CT molecular complexity index is 3510. The lowest BCUT2D eigenvalue weighted by Crippen LogP contribution is -2.36. The minimum absolute atomic E-state index is 0. The molecule has 0 atom stereocenters. The molecule has 4 aromatic carbocycles. The highest BCUT2D eigenvalue weighted by molar-refractivity contribution is 6.07. The van der Waals surface area contributed by atoms with Crippen LogP contribution in [-0.4, -0.2) is 48.9 Å². The maximum Gasteiger partial charge on any atom is 0.255 e. The van der Waals surface area contributed by atoms with Crippen molar-refractivity contribution in [2.75, 3.05) is 18.0 Å². The van der Waals surface area contributed by atoms with E-state index in [0.29, 0.717) is 19.6 Å². The van der Waals surface area contributed by atoms with Crippen LogP contribution in [0.3, 0.4) is 0 Å². The Kier molecular flexibility index (Phi) is 21.8. The van der Waals surface area contributed by atoms with Crippen molar-refractivity contribution in [2.24, 2.45) is 0 Å². The SMILES string of the molecule is C.CC.CC.CC.CC.CC(C)=C(C)C(=O)N1CCCc2ccc(-n3c(=O)ccc4cnc5ccc(C)cc5c43)cc21.CC(C)=C(C)C(=O)N1CCc2ccc(-n3c(=O)ccc4cnc5ccc(C)cc5c43)cc2C1. The van der Waals surface area contributed by atoms with Crippen LogP contribution in [0.1, 0.15) is 139 Å². The summed E-state index contributed by atoms with van der Waals surface area (Å²) in [6, 6.07) is 31.3. The van der Waals surface area contributed by atoms with Gasteiger partial charge in [0.05, 0.1) is 27.8 Å². The van der Waals surface area contributed by atoms with E-state index in [0.717, 1.165) is 124 Å². The standard InChI is InChI=1S/2C28H27N3O2.4C2H6.CH4/c1-17(2)19(4)28(33)30-12-11-20-6-8-23(14-22(20)16-30)31-26(32)10-7-21-15-29-25-9-5-18(3)13-24(25)27(21)31;1-17(2)19(4)28(33)30-13-5-6-20-8-10-22(15-25(20)30)31-26(32)12-9-21-16-29-24-11-7-18(3)14-23(24)27(21)31;4*1-2;/h5-10,13-15H,11-12,16H2,1-4H3;7-12,14-16H,5-6,13H2,1-4H3;4*1-2H3;1H4. The van der Waals surface area contributed by atoms with Crippen LogP contribution in [-0.2, 0) is 29.0 Å². The number of fused-ring (bicyclic) bond motifs is 8. The molecule has 0 bridgehead atoms. The van der Waals surface area contributed by atoms with Crippen LogP contribution in [0.2, 0.25) is 0 Å². The molecule has 6 heterocycles. The normalized spacial score (nSPS) is 12.0. The molecule has 10 heteroatoms. The topological polar surface area (TPSA) is 110 Å². The monoisotopic (exact) mass is 1010 g/mol. The highest BCUT2D eigenvalue weighted by Crippen LogP contribution is 2.34. The van der Waals surface area contributed by atoms with Gasteiger partial charge in [0.1, 0.15) is 0 Å². The molecule has 396 valence electrons. The largest absolute Gasteiger partial charge is 0.334 e. The highest BCUT2D eigenvalue weighted by Gasteiger charge is 2.26. The zero-order valence-corrected chi connectivity index (χ0v) is 47.0. The molecule has 10 nitrogen and oxygen atoms in total. The summed E-state index contributed by atoms with van der Waals surface area (Å²) in [5.74, 6) is 0.115. The van der Waals surface area contributed by atoms with Crippen LogP contribution in [0, 0.1) is 13.8 Å². The molecule has 0 fully saturated rings. The maximum atomic E-state index is 13.2. The molecule has 0 saturated carbocycles. The molecule has 4 aromatic heterocycles. The number of carbonyl (C=O) groups excluding carboxylic acids is 2. The Morgan fingerprint density at radius 1 is 0.493 bits per heavy atom. The van der Waals surface area contributed by atoms with Crippen LogP contribution in [0.4, 0.5) is 5.69 Å². The second-order valence-corrected chi connectivity index (χ2v) is 18.2. The fourth-order valence-electron chi connectivity index (χ4n) is 9.20. The van der Waals surface area contributed by atoms with Crippen molar-refractivity contribution in [1.82, 2.24) is 24.0 Å². The van der Waals surface area contributed by atoms with Gasteiger partial charge < -0.3 is 9.80 Å². The number of allylic oxidation sites excluding steroid dienone is 2. The van der Waals surface area contributed by atoms with Gasteiger partial charge in [-0.05, 0) is 152 Å². The minimum atomic E-state index is -0.106. The molecule has 75 heavy (non-hydrogen) atoms. The summed E-state index contributed by atoms with van der Waals surface area (Å²) in [5.41, 5.74) is 15.0. The summed E-state index contributed by atoms with van der Waals surface area (Å²) in [4.78, 5) is 65.4. The Hall–Kier alpha value is -7.46. The fourth-order valence-corrected chi connectivity index (χ4v) is 9.20. The number of carbonyl (C=O) groups is 2. The van der Waals surface area contributed by atoms with Gasteiger partial charge in [-0.25, -0.2) is 0 Å². The number of amides is 2. The third kappa shape index (κ3) is 12.7. The average molecular weight is 1010 g/mol. The van der Waals surface area contributed by atoms with E-state index in [2.05, 4.69) is 40.3 Å². The van der Waals surface area contributed by atoms with Crippen LogP contribution in [0.25, 0.3) is 55.0 Å². The molecular weight excluding hydrogens is 929 g/mol. The summed E-state index contributed by atoms with van der Waals surface area (Å²) in [5, 5.41) is 3.72. The van der Waals surface area contributed by atoms with Gasteiger partial charge in [-0.3, -0.25) is 38.3 Å². The second-order valence-electron chi connectivity index (χ2n) is 18.2. The Balaban J connectivity index is 0.000000283. The first-order chi connectivity index (χ1) is 35.7. The van der Waals surface area contributed by atoms with Crippen molar-refractivity contribution in [3.63, 3.8) is 0 Å². The number of hydrogen-bond donors (Lipinski definition) is 0. The number of anilines is 1. The number of aryl methyl sites for hydroxylation is 3. The van der Waals surface area contributed by atoms with E-state index in [1.165, 1.54) is 5.56 Å². The molecule has 2 aliphatic heterocycles. The van der Waals surface area contributed by atoms with E-state index in [1.807, 2.05) is 188 Å². The molecular formula is C65H82N6O4. The highest BCUT2D eigenvalue weighted by atomic mass is 16.2. The predicted molar refractivity (Wildman–Crippen MR) is 319 cm³/mol. The van der Waals surface area contributed by atoms with E-state index in [9.17, 15) is 19.2 Å². The number of nitrogens with zero attached hydrogens (tertiary/aromatic N) is 6. The summed E-state index contributed by atoms with van der Waals surface area (Å²) in [7, 11) is 0. The number of benzene rings is 4. The van der Waals surface area contributed by atoms with Crippen molar-refractivity contribution in [2.45, 2.75) is 144 Å². The van der Waals surface area contributed by atoms with Crippen molar-refractivity contribution < 1.29 is 9.59 Å². The lowest BCUT2D eigenvalue weighted by atomic mass is 9.97. The fraction of sp³-hybridized carbons (Fsp3) is 0.354. The molecule has 0 aliphatic carbocycles. The van der Waals surface area contributed by atoms with Crippen molar-refractivity contribution in [1.29, 1.82) is 0 Å². The van der Waals surface area contributed by atoms with Gasteiger partial charge in [-0.2, -0.15) is 0 Å².